The van der Waals surface area contributed by atoms with Crippen molar-refractivity contribution in [3.63, 3.8) is 0 Å². The van der Waals surface area contributed by atoms with E-state index in [1.807, 2.05) is 0 Å². The number of aromatic nitrogens is 2. The molecule has 2 heterocycles. The Morgan fingerprint density at radius 1 is 1.44 bits per heavy atom. The first kappa shape index (κ1) is 11.7. The summed E-state index contributed by atoms with van der Waals surface area (Å²) in [4.78, 5) is 15.4. The Morgan fingerprint density at radius 2 is 2.19 bits per heavy atom. The fourth-order valence-electron chi connectivity index (χ4n) is 1.16. The Kier molecular flexibility index (Phi) is 3.37. The fourth-order valence-corrected chi connectivity index (χ4v) is 1.78. The van der Waals surface area contributed by atoms with Crippen molar-refractivity contribution in [3.8, 4) is 0 Å². The van der Waals surface area contributed by atoms with Crippen LogP contribution in [0.4, 0.5) is 0 Å². The minimum absolute atomic E-state index is 0.00328. The molecule has 0 amide bonds. The zero-order chi connectivity index (χ0) is 11.7. The van der Waals surface area contributed by atoms with Crippen molar-refractivity contribution in [2.45, 2.75) is 6.54 Å². The van der Waals surface area contributed by atoms with Gasteiger partial charge in [0.15, 0.2) is 9.82 Å². The lowest BCUT2D eigenvalue weighted by Crippen LogP contribution is -2.21. The monoisotopic (exact) mass is 322 g/mol. The average Bonchev–Trinajstić information content (AvgIpc) is 2.65. The number of hydrogen-bond acceptors (Lipinski definition) is 3. The van der Waals surface area contributed by atoms with Gasteiger partial charge >= 0.3 is 0 Å². The average molecular weight is 324 g/mol. The molecule has 84 valence electrons. The summed E-state index contributed by atoms with van der Waals surface area (Å²) in [5, 5.41) is -0.0849. The molecular weight excluding hydrogens is 319 g/mol. The van der Waals surface area contributed by atoms with E-state index in [0.29, 0.717) is 10.4 Å². The summed E-state index contributed by atoms with van der Waals surface area (Å²) in [5.74, 6) is 0.620. The Hall–Kier alpha value is -0.780. The fraction of sp³-hybridized carbons (Fsp3) is 0.111. The van der Waals surface area contributed by atoms with Crippen molar-refractivity contribution in [2.24, 2.45) is 0 Å². The summed E-state index contributed by atoms with van der Waals surface area (Å²) in [7, 11) is 0. The van der Waals surface area contributed by atoms with E-state index in [1.54, 1.807) is 12.1 Å². The number of hydrogen-bond donors (Lipinski definition) is 0. The molecule has 0 spiro atoms. The Balaban J connectivity index is 2.36. The third-order valence-corrected chi connectivity index (χ3v) is 3.05. The molecule has 0 atom stereocenters. The van der Waals surface area contributed by atoms with Crippen molar-refractivity contribution in [1.29, 1.82) is 0 Å². The molecular formula is C9H5BrCl2N2O2. The van der Waals surface area contributed by atoms with Gasteiger partial charge in [-0.2, -0.15) is 0 Å². The van der Waals surface area contributed by atoms with E-state index in [9.17, 15) is 4.79 Å². The summed E-state index contributed by atoms with van der Waals surface area (Å²) in [6.07, 6.45) is 1.33. The standard InChI is InChI=1S/C9H5BrCl2N2O2/c10-6-2-1-5(16-6)3-14-4-13-8(12)7(11)9(14)15/h1-2,4H,3H2. The zero-order valence-electron chi connectivity index (χ0n) is 7.78. The van der Waals surface area contributed by atoms with Crippen molar-refractivity contribution in [3.05, 3.63) is 49.4 Å². The molecule has 2 rings (SSSR count). The zero-order valence-corrected chi connectivity index (χ0v) is 10.9. The summed E-state index contributed by atoms with van der Waals surface area (Å²) < 4.78 is 7.19. The van der Waals surface area contributed by atoms with E-state index in [1.165, 1.54) is 10.9 Å². The van der Waals surface area contributed by atoms with Crippen LogP contribution in [0.2, 0.25) is 10.2 Å². The molecule has 0 aliphatic heterocycles. The first-order valence-corrected chi connectivity index (χ1v) is 5.77. The summed E-state index contributed by atoms with van der Waals surface area (Å²) in [6.45, 7) is 0.258. The number of halogens is 3. The first-order chi connectivity index (χ1) is 7.58. The van der Waals surface area contributed by atoms with E-state index in [0.717, 1.165) is 0 Å². The Bertz CT molecular complexity index is 579. The predicted octanol–water partition coefficient (Wildman–Crippen LogP) is 2.95. The molecule has 0 unspecified atom stereocenters. The van der Waals surface area contributed by atoms with Crippen LogP contribution in [0.1, 0.15) is 5.76 Å². The molecule has 0 fully saturated rings. The van der Waals surface area contributed by atoms with Gasteiger partial charge in [0.25, 0.3) is 5.56 Å². The third kappa shape index (κ3) is 2.31. The highest BCUT2D eigenvalue weighted by molar-refractivity contribution is 9.10. The van der Waals surface area contributed by atoms with E-state index in [-0.39, 0.29) is 16.7 Å². The second kappa shape index (κ2) is 4.61. The third-order valence-electron chi connectivity index (χ3n) is 1.90. The Labute approximate surface area is 109 Å². The minimum atomic E-state index is -0.394. The quantitative estimate of drug-likeness (QED) is 0.798. The molecule has 2 aromatic heterocycles. The van der Waals surface area contributed by atoms with Gasteiger partial charge in [-0.1, -0.05) is 23.2 Å². The van der Waals surface area contributed by atoms with Gasteiger partial charge in [0.2, 0.25) is 0 Å². The number of furan rings is 1. The maximum absolute atomic E-state index is 11.7. The molecule has 0 N–H and O–H groups in total. The van der Waals surface area contributed by atoms with Gasteiger partial charge in [0.1, 0.15) is 10.8 Å². The summed E-state index contributed by atoms with van der Waals surface area (Å²) in [6, 6.07) is 3.49. The van der Waals surface area contributed by atoms with Crippen LogP contribution in [0.25, 0.3) is 0 Å². The van der Waals surface area contributed by atoms with Gasteiger partial charge in [0, 0.05) is 0 Å². The SMILES string of the molecule is O=c1c(Cl)c(Cl)ncn1Cc1ccc(Br)o1. The van der Waals surface area contributed by atoms with Crippen LogP contribution in [0.5, 0.6) is 0 Å². The number of rotatable bonds is 2. The molecule has 2 aromatic rings. The molecule has 0 saturated heterocycles. The molecule has 0 saturated carbocycles. The molecule has 0 aromatic carbocycles. The van der Waals surface area contributed by atoms with E-state index in [4.69, 9.17) is 27.6 Å². The lowest BCUT2D eigenvalue weighted by Gasteiger charge is -2.03. The minimum Gasteiger partial charge on any atom is -0.452 e. The molecule has 0 bridgehead atoms. The second-order valence-corrected chi connectivity index (χ2v) is 4.51. The lowest BCUT2D eigenvalue weighted by atomic mass is 10.4. The highest BCUT2D eigenvalue weighted by Crippen LogP contribution is 2.16. The summed E-state index contributed by atoms with van der Waals surface area (Å²) >= 11 is 14.5. The molecule has 4 nitrogen and oxygen atoms in total. The summed E-state index contributed by atoms with van der Waals surface area (Å²) in [5.41, 5.74) is -0.394. The largest absolute Gasteiger partial charge is 0.452 e. The van der Waals surface area contributed by atoms with Crippen LogP contribution in [0, 0.1) is 0 Å². The van der Waals surface area contributed by atoms with Crippen LogP contribution < -0.4 is 5.56 Å². The molecule has 7 heteroatoms. The van der Waals surface area contributed by atoms with Crippen LogP contribution in [0.15, 0.2) is 32.3 Å². The van der Waals surface area contributed by atoms with Crippen LogP contribution >= 0.6 is 39.1 Å². The van der Waals surface area contributed by atoms with Crippen molar-refractivity contribution < 1.29 is 4.42 Å². The van der Waals surface area contributed by atoms with Gasteiger partial charge in [-0.05, 0) is 28.1 Å². The van der Waals surface area contributed by atoms with E-state index >= 15 is 0 Å². The lowest BCUT2D eigenvalue weighted by molar-refractivity contribution is 0.469. The maximum Gasteiger partial charge on any atom is 0.274 e. The number of nitrogens with zero attached hydrogens (tertiary/aromatic N) is 2. The highest BCUT2D eigenvalue weighted by Gasteiger charge is 2.09. The maximum atomic E-state index is 11.7. The normalized spacial score (nSPS) is 10.7. The van der Waals surface area contributed by atoms with Crippen molar-refractivity contribution >= 4 is 39.1 Å². The molecule has 16 heavy (non-hydrogen) atoms. The smallest absolute Gasteiger partial charge is 0.274 e. The topological polar surface area (TPSA) is 48.0 Å². The highest BCUT2D eigenvalue weighted by atomic mass is 79.9. The predicted molar refractivity (Wildman–Crippen MR) is 64.0 cm³/mol. The Morgan fingerprint density at radius 3 is 2.81 bits per heavy atom. The van der Waals surface area contributed by atoms with Crippen molar-refractivity contribution in [1.82, 2.24) is 9.55 Å². The van der Waals surface area contributed by atoms with Crippen molar-refractivity contribution in [2.75, 3.05) is 0 Å². The molecule has 0 aliphatic rings. The molecule has 0 radical (unpaired) electrons. The molecule has 0 aliphatic carbocycles. The van der Waals surface area contributed by atoms with Crippen LogP contribution in [0.3, 0.4) is 0 Å². The van der Waals surface area contributed by atoms with E-state index in [2.05, 4.69) is 20.9 Å². The first-order valence-electron chi connectivity index (χ1n) is 4.22. The van der Waals surface area contributed by atoms with E-state index < -0.39 is 5.56 Å². The van der Waals surface area contributed by atoms with Gasteiger partial charge < -0.3 is 4.42 Å². The van der Waals surface area contributed by atoms with Gasteiger partial charge in [-0.15, -0.1) is 0 Å². The second-order valence-electron chi connectivity index (χ2n) is 2.99. The van der Waals surface area contributed by atoms with Gasteiger partial charge in [0.05, 0.1) is 12.9 Å². The van der Waals surface area contributed by atoms with Gasteiger partial charge in [-0.3, -0.25) is 9.36 Å². The van der Waals surface area contributed by atoms with Crippen LogP contribution in [-0.2, 0) is 6.54 Å². The van der Waals surface area contributed by atoms with Crippen LogP contribution in [-0.4, -0.2) is 9.55 Å². The van der Waals surface area contributed by atoms with Gasteiger partial charge in [-0.25, -0.2) is 4.98 Å².